The zero-order chi connectivity index (χ0) is 23.5. The highest BCUT2D eigenvalue weighted by Crippen LogP contribution is 2.28. The first kappa shape index (κ1) is 22.6. The molecule has 3 rings (SSSR count). The molecule has 0 aliphatic heterocycles. The number of amides is 1. The molecule has 0 atom stereocenters. The van der Waals surface area contributed by atoms with Crippen LogP contribution in [0.5, 0.6) is 0 Å². The second-order valence-electron chi connectivity index (χ2n) is 8.45. The second-order valence-corrected chi connectivity index (χ2v) is 8.45. The number of anilines is 2. The number of hydrogen-bond donors (Lipinski definition) is 4. The van der Waals surface area contributed by atoms with Gasteiger partial charge in [-0.1, -0.05) is 62.3 Å². The lowest BCUT2D eigenvalue weighted by molar-refractivity contribution is 0.102. The van der Waals surface area contributed by atoms with Gasteiger partial charge in [-0.2, -0.15) is 0 Å². The molecule has 3 aromatic rings. The fourth-order valence-electron chi connectivity index (χ4n) is 3.24. The van der Waals surface area contributed by atoms with Gasteiger partial charge in [0.05, 0.1) is 11.4 Å². The minimum absolute atomic E-state index is 0.0306. The Morgan fingerprint density at radius 2 is 1.53 bits per heavy atom. The summed E-state index contributed by atoms with van der Waals surface area (Å²) in [4.78, 5) is 26.1. The number of carbonyl (C=O) groups is 2. The Bertz CT molecular complexity index is 1190. The summed E-state index contributed by atoms with van der Waals surface area (Å²) in [5.41, 5.74) is 14.7. The fraction of sp³-hybridized carbons (Fsp3) is 0.160. The minimum Gasteiger partial charge on any atom is -0.409 e. The van der Waals surface area contributed by atoms with Gasteiger partial charge >= 0.3 is 0 Å². The molecule has 0 saturated heterocycles. The monoisotopic (exact) mass is 430 g/mol. The van der Waals surface area contributed by atoms with E-state index in [1.807, 2.05) is 12.1 Å². The Hall–Kier alpha value is -4.13. The molecule has 0 heterocycles. The summed E-state index contributed by atoms with van der Waals surface area (Å²) in [5, 5.41) is 14.6. The van der Waals surface area contributed by atoms with Gasteiger partial charge in [0.15, 0.2) is 11.6 Å². The van der Waals surface area contributed by atoms with Crippen LogP contribution in [0.1, 0.15) is 58.2 Å². The summed E-state index contributed by atoms with van der Waals surface area (Å²) in [6.07, 6.45) is 0. The number of benzene rings is 3. The SMILES string of the molecule is CC(C)(C)c1ccc(C(=O)Nc2c(N)cccc2C(=O)c2cccc(/C(N)=N\O)c2)cc1. The van der Waals surface area contributed by atoms with Gasteiger partial charge in [0.25, 0.3) is 5.91 Å². The van der Waals surface area contributed by atoms with E-state index in [2.05, 4.69) is 31.2 Å². The predicted octanol–water partition coefficient (Wildman–Crippen LogP) is 4.14. The largest absolute Gasteiger partial charge is 0.409 e. The smallest absolute Gasteiger partial charge is 0.255 e. The molecule has 0 aromatic heterocycles. The first-order chi connectivity index (χ1) is 15.1. The van der Waals surface area contributed by atoms with E-state index >= 15 is 0 Å². The van der Waals surface area contributed by atoms with E-state index in [1.54, 1.807) is 48.5 Å². The van der Waals surface area contributed by atoms with Crippen LogP contribution < -0.4 is 16.8 Å². The Morgan fingerprint density at radius 1 is 0.906 bits per heavy atom. The molecular formula is C25H26N4O3. The summed E-state index contributed by atoms with van der Waals surface area (Å²) >= 11 is 0. The average Bonchev–Trinajstić information content (AvgIpc) is 2.79. The molecule has 7 heteroatoms. The number of nitrogen functional groups attached to an aromatic ring is 1. The Balaban J connectivity index is 1.93. The zero-order valence-corrected chi connectivity index (χ0v) is 18.2. The Labute approximate surface area is 186 Å². The van der Waals surface area contributed by atoms with Crippen molar-refractivity contribution in [3.8, 4) is 0 Å². The molecule has 3 aromatic carbocycles. The molecule has 0 spiro atoms. The van der Waals surface area contributed by atoms with Crippen LogP contribution in [0, 0.1) is 0 Å². The van der Waals surface area contributed by atoms with Crippen molar-refractivity contribution in [1.82, 2.24) is 0 Å². The molecule has 7 nitrogen and oxygen atoms in total. The normalized spacial score (nSPS) is 11.8. The first-order valence-corrected chi connectivity index (χ1v) is 10.0. The van der Waals surface area contributed by atoms with Crippen LogP contribution in [0.25, 0.3) is 0 Å². The number of amidine groups is 1. The van der Waals surface area contributed by atoms with Gasteiger partial charge in [0, 0.05) is 22.3 Å². The number of nitrogens with two attached hydrogens (primary N) is 2. The van der Waals surface area contributed by atoms with Crippen molar-refractivity contribution in [2.24, 2.45) is 10.9 Å². The average molecular weight is 431 g/mol. The molecule has 0 unspecified atom stereocenters. The third kappa shape index (κ3) is 4.78. The van der Waals surface area contributed by atoms with Crippen LogP contribution in [0.4, 0.5) is 11.4 Å². The molecule has 164 valence electrons. The van der Waals surface area contributed by atoms with Crippen LogP contribution in [-0.4, -0.2) is 22.7 Å². The minimum atomic E-state index is -0.372. The number of ketones is 1. The van der Waals surface area contributed by atoms with Crippen LogP contribution in [0.3, 0.4) is 0 Å². The lowest BCUT2D eigenvalue weighted by Gasteiger charge is -2.19. The van der Waals surface area contributed by atoms with Gasteiger partial charge < -0.3 is 22.0 Å². The molecule has 0 radical (unpaired) electrons. The van der Waals surface area contributed by atoms with Gasteiger partial charge in [0.1, 0.15) is 0 Å². The van der Waals surface area contributed by atoms with E-state index < -0.39 is 0 Å². The lowest BCUT2D eigenvalue weighted by atomic mass is 9.86. The molecule has 0 aliphatic rings. The maximum atomic E-state index is 13.2. The third-order valence-corrected chi connectivity index (χ3v) is 5.12. The number of nitrogens with one attached hydrogen (secondary N) is 1. The number of para-hydroxylation sites is 1. The number of oxime groups is 1. The highest BCUT2D eigenvalue weighted by molar-refractivity contribution is 6.17. The number of carbonyl (C=O) groups excluding carboxylic acids is 2. The number of hydrogen-bond acceptors (Lipinski definition) is 5. The Morgan fingerprint density at radius 3 is 2.16 bits per heavy atom. The van der Waals surface area contributed by atoms with Crippen molar-refractivity contribution in [1.29, 1.82) is 0 Å². The lowest BCUT2D eigenvalue weighted by Crippen LogP contribution is -2.18. The van der Waals surface area contributed by atoms with Crippen LogP contribution in [-0.2, 0) is 5.41 Å². The first-order valence-electron chi connectivity index (χ1n) is 10.0. The highest BCUT2D eigenvalue weighted by atomic mass is 16.4. The number of nitrogens with zero attached hydrogens (tertiary/aromatic N) is 1. The highest BCUT2D eigenvalue weighted by Gasteiger charge is 2.20. The molecule has 32 heavy (non-hydrogen) atoms. The van der Waals surface area contributed by atoms with E-state index in [0.29, 0.717) is 16.7 Å². The van der Waals surface area contributed by atoms with Crippen molar-refractivity contribution in [3.63, 3.8) is 0 Å². The van der Waals surface area contributed by atoms with E-state index in [1.165, 1.54) is 6.07 Å². The van der Waals surface area contributed by atoms with Gasteiger partial charge in [0.2, 0.25) is 0 Å². The molecular weight excluding hydrogens is 404 g/mol. The molecule has 0 bridgehead atoms. The maximum Gasteiger partial charge on any atom is 0.255 e. The van der Waals surface area contributed by atoms with Gasteiger partial charge in [-0.15, -0.1) is 0 Å². The maximum absolute atomic E-state index is 13.2. The zero-order valence-electron chi connectivity index (χ0n) is 18.2. The van der Waals surface area contributed by atoms with Crippen molar-refractivity contribution in [2.75, 3.05) is 11.1 Å². The molecule has 0 fully saturated rings. The van der Waals surface area contributed by atoms with Crippen LogP contribution >= 0.6 is 0 Å². The molecule has 6 N–H and O–H groups in total. The summed E-state index contributed by atoms with van der Waals surface area (Å²) in [7, 11) is 0. The van der Waals surface area contributed by atoms with E-state index in [0.717, 1.165) is 5.56 Å². The summed E-state index contributed by atoms with van der Waals surface area (Å²) < 4.78 is 0. The van der Waals surface area contributed by atoms with Gasteiger partial charge in [-0.05, 0) is 41.3 Å². The summed E-state index contributed by atoms with van der Waals surface area (Å²) in [6.45, 7) is 6.29. The fourth-order valence-corrected chi connectivity index (χ4v) is 3.24. The van der Waals surface area contributed by atoms with E-state index in [-0.39, 0.29) is 39.9 Å². The van der Waals surface area contributed by atoms with Crippen molar-refractivity contribution in [2.45, 2.75) is 26.2 Å². The van der Waals surface area contributed by atoms with Crippen LogP contribution in [0.15, 0.2) is 71.9 Å². The van der Waals surface area contributed by atoms with Crippen molar-refractivity contribution in [3.05, 3.63) is 94.5 Å². The Kier molecular flexibility index (Phi) is 6.30. The van der Waals surface area contributed by atoms with Gasteiger partial charge in [-0.3, -0.25) is 9.59 Å². The number of rotatable bonds is 5. The van der Waals surface area contributed by atoms with Gasteiger partial charge in [-0.25, -0.2) is 0 Å². The summed E-state index contributed by atoms with van der Waals surface area (Å²) in [5.74, 6) is -0.842. The van der Waals surface area contributed by atoms with Crippen molar-refractivity contribution < 1.29 is 14.8 Å². The summed E-state index contributed by atoms with van der Waals surface area (Å²) in [6, 6.07) is 18.5. The molecule has 0 saturated carbocycles. The quantitative estimate of drug-likeness (QED) is 0.121. The standard InChI is InChI=1S/C25H26N4O3/c1-25(2,3)18-12-10-15(11-13-18)24(31)28-21-19(8-5-9-20(21)26)22(30)16-6-4-7-17(14-16)23(27)29-32/h4-14,32H,26H2,1-3H3,(H2,27,29)(H,28,31). The van der Waals surface area contributed by atoms with E-state index in [4.69, 9.17) is 16.7 Å². The third-order valence-electron chi connectivity index (χ3n) is 5.12. The van der Waals surface area contributed by atoms with E-state index in [9.17, 15) is 9.59 Å². The molecule has 1 amide bonds. The topological polar surface area (TPSA) is 131 Å². The molecule has 0 aliphatic carbocycles. The predicted molar refractivity (Wildman–Crippen MR) is 126 cm³/mol. The van der Waals surface area contributed by atoms with Crippen molar-refractivity contribution >= 4 is 28.9 Å². The second kappa shape index (κ2) is 8.93. The van der Waals surface area contributed by atoms with Crippen LogP contribution in [0.2, 0.25) is 0 Å².